The highest BCUT2D eigenvalue weighted by atomic mass is 19.1. The fraction of sp³-hybridized carbons (Fsp3) is 0.710. The topological polar surface area (TPSA) is 29.5 Å². The maximum atomic E-state index is 13.2. The molecule has 4 aliphatic carbocycles. The number of ether oxygens (including phenoxy) is 1. The van der Waals surface area contributed by atoms with E-state index in [9.17, 15) is 9.18 Å². The monoisotopic (exact) mass is 479 g/mol. The Bertz CT molecular complexity index is 1030. The highest BCUT2D eigenvalue weighted by Crippen LogP contribution is 2.73. The Labute approximate surface area is 210 Å². The molecular formula is C31H42FNO2. The smallest absolute Gasteiger partial charge is 0.310 e. The van der Waals surface area contributed by atoms with E-state index in [0.717, 1.165) is 48.6 Å². The summed E-state index contributed by atoms with van der Waals surface area (Å²) >= 11 is 0. The fourth-order valence-electron chi connectivity index (χ4n) is 9.87. The lowest BCUT2D eigenvalue weighted by molar-refractivity contribution is -0.153. The van der Waals surface area contributed by atoms with E-state index in [1.807, 2.05) is 0 Å². The van der Waals surface area contributed by atoms with Crippen molar-refractivity contribution in [2.24, 2.45) is 34.0 Å². The van der Waals surface area contributed by atoms with Crippen LogP contribution in [0.15, 0.2) is 35.9 Å². The summed E-state index contributed by atoms with van der Waals surface area (Å²) in [7, 11) is 2.35. The molecule has 1 saturated heterocycles. The maximum Gasteiger partial charge on any atom is 0.310 e. The number of likely N-dealkylation sites (tertiary alicyclic amines) is 1. The van der Waals surface area contributed by atoms with Gasteiger partial charge in [-0.1, -0.05) is 37.6 Å². The van der Waals surface area contributed by atoms with Crippen LogP contribution in [0.5, 0.6) is 0 Å². The third-order valence-corrected chi connectivity index (χ3v) is 12.1. The van der Waals surface area contributed by atoms with E-state index >= 15 is 0 Å². The van der Waals surface area contributed by atoms with Gasteiger partial charge in [0.1, 0.15) is 11.9 Å². The minimum absolute atomic E-state index is 0.0300. The molecule has 1 spiro atoms. The summed E-state index contributed by atoms with van der Waals surface area (Å²) in [6.45, 7) is 8.92. The van der Waals surface area contributed by atoms with E-state index in [4.69, 9.17) is 4.74 Å². The van der Waals surface area contributed by atoms with Crippen LogP contribution < -0.4 is 0 Å². The third-order valence-electron chi connectivity index (χ3n) is 12.1. The number of hydrogen-bond acceptors (Lipinski definition) is 3. The van der Waals surface area contributed by atoms with Gasteiger partial charge in [0.05, 0.1) is 6.42 Å². The lowest BCUT2D eigenvalue weighted by Gasteiger charge is -2.64. The summed E-state index contributed by atoms with van der Waals surface area (Å²) < 4.78 is 19.1. The van der Waals surface area contributed by atoms with Crippen LogP contribution in [0.3, 0.4) is 0 Å². The molecule has 3 nitrogen and oxygen atoms in total. The van der Waals surface area contributed by atoms with Crippen LogP contribution in [0.4, 0.5) is 4.39 Å². The molecule has 5 aliphatic rings. The number of fused-ring (bicyclic) bond motifs is 4. The number of hydrogen-bond donors (Lipinski definition) is 0. The Morgan fingerprint density at radius 3 is 2.57 bits per heavy atom. The SMILES string of the molecule is C[C@H]1[C@H]2CC[C@H]3[C@@H]4CC=C5C[C@@H](OC(=O)Cc6ccc(F)cc6)CC[C@]5(C)[C@@]4(C)CC[C@]23CN1C. The summed E-state index contributed by atoms with van der Waals surface area (Å²) in [4.78, 5) is 15.3. The number of halogens is 1. The summed E-state index contributed by atoms with van der Waals surface area (Å²) in [5.41, 5.74) is 3.46. The van der Waals surface area contributed by atoms with Gasteiger partial charge in [0.2, 0.25) is 0 Å². The Kier molecular flexibility index (Phi) is 5.53. The van der Waals surface area contributed by atoms with Gasteiger partial charge in [0, 0.05) is 19.0 Å². The molecule has 0 amide bonds. The van der Waals surface area contributed by atoms with Gasteiger partial charge in [-0.2, -0.15) is 0 Å². The molecule has 0 radical (unpaired) electrons. The van der Waals surface area contributed by atoms with Gasteiger partial charge in [-0.25, -0.2) is 4.39 Å². The molecule has 0 N–H and O–H groups in total. The van der Waals surface area contributed by atoms with Gasteiger partial charge >= 0.3 is 5.97 Å². The quantitative estimate of drug-likeness (QED) is 0.363. The van der Waals surface area contributed by atoms with Crippen LogP contribution in [-0.4, -0.2) is 36.6 Å². The van der Waals surface area contributed by atoms with Crippen LogP contribution in [-0.2, 0) is 16.0 Å². The van der Waals surface area contributed by atoms with E-state index in [2.05, 4.69) is 38.8 Å². The van der Waals surface area contributed by atoms with Crippen molar-refractivity contribution in [1.29, 1.82) is 0 Å². The third kappa shape index (κ3) is 3.41. The van der Waals surface area contributed by atoms with Gasteiger partial charge in [-0.15, -0.1) is 0 Å². The molecule has 0 aromatic heterocycles. The zero-order chi connectivity index (χ0) is 24.6. The van der Waals surface area contributed by atoms with E-state index in [1.165, 1.54) is 50.8 Å². The van der Waals surface area contributed by atoms with E-state index in [-0.39, 0.29) is 29.7 Å². The summed E-state index contributed by atoms with van der Waals surface area (Å²) in [5.74, 6) is 2.06. The van der Waals surface area contributed by atoms with Crippen molar-refractivity contribution < 1.29 is 13.9 Å². The summed E-state index contributed by atoms with van der Waals surface area (Å²) in [5, 5.41) is 0. The molecule has 1 heterocycles. The lowest BCUT2D eigenvalue weighted by Crippen LogP contribution is -2.57. The normalized spacial score (nSPS) is 44.6. The van der Waals surface area contributed by atoms with Crippen LogP contribution in [0, 0.1) is 39.8 Å². The molecule has 3 saturated carbocycles. The molecular weight excluding hydrogens is 437 g/mol. The van der Waals surface area contributed by atoms with Crippen molar-refractivity contribution >= 4 is 5.97 Å². The number of nitrogens with zero attached hydrogens (tertiary/aromatic N) is 1. The summed E-state index contributed by atoms with van der Waals surface area (Å²) in [6, 6.07) is 6.89. The van der Waals surface area contributed by atoms with Gasteiger partial charge in [-0.05, 0) is 111 Å². The molecule has 35 heavy (non-hydrogen) atoms. The molecule has 6 rings (SSSR count). The van der Waals surface area contributed by atoms with E-state index < -0.39 is 0 Å². The zero-order valence-electron chi connectivity index (χ0n) is 22.0. The molecule has 0 bridgehead atoms. The average Bonchev–Trinajstić information content (AvgIpc) is 3.30. The van der Waals surface area contributed by atoms with Gasteiger partial charge in [0.15, 0.2) is 0 Å². The number of rotatable bonds is 3. The van der Waals surface area contributed by atoms with E-state index in [0.29, 0.717) is 10.8 Å². The highest BCUT2D eigenvalue weighted by Gasteiger charge is 2.67. The number of benzene rings is 1. The number of carbonyl (C=O) groups excluding carboxylic acids is 1. The Balaban J connectivity index is 1.18. The summed E-state index contributed by atoms with van der Waals surface area (Å²) in [6.07, 6.45) is 12.5. The minimum Gasteiger partial charge on any atom is -0.462 e. The molecule has 190 valence electrons. The number of esters is 1. The van der Waals surface area contributed by atoms with Crippen molar-refractivity contribution in [2.45, 2.75) is 90.7 Å². The first-order valence-electron chi connectivity index (χ1n) is 14.0. The average molecular weight is 480 g/mol. The second-order valence-corrected chi connectivity index (χ2v) is 13.2. The van der Waals surface area contributed by atoms with Gasteiger partial charge < -0.3 is 9.64 Å². The predicted octanol–water partition coefficient (Wildman–Crippen LogP) is 6.56. The van der Waals surface area contributed by atoms with Crippen molar-refractivity contribution in [1.82, 2.24) is 4.90 Å². The molecule has 1 aliphatic heterocycles. The second-order valence-electron chi connectivity index (χ2n) is 13.2. The first kappa shape index (κ1) is 23.7. The molecule has 1 aromatic rings. The molecule has 0 unspecified atom stereocenters. The standard InChI is InChI=1S/C31H42FNO2/c1-20-25-11-12-27-26-10-7-22-18-24(35-28(34)17-21-5-8-23(32)9-6-21)13-14-29(22,2)30(26,3)15-16-31(25,27)19-33(20)4/h5-9,20,24-27H,10-19H2,1-4H3/t20-,24-,25+,26-,27-,29-,30-,31-/m0/s1. The first-order chi connectivity index (χ1) is 16.7. The van der Waals surface area contributed by atoms with Crippen molar-refractivity contribution in [3.8, 4) is 0 Å². The van der Waals surface area contributed by atoms with Crippen LogP contribution in [0.25, 0.3) is 0 Å². The Morgan fingerprint density at radius 2 is 1.80 bits per heavy atom. The van der Waals surface area contributed by atoms with Crippen LogP contribution >= 0.6 is 0 Å². The van der Waals surface area contributed by atoms with Crippen molar-refractivity contribution in [2.75, 3.05) is 13.6 Å². The number of allylic oxidation sites excluding steroid dienone is 1. The molecule has 1 aromatic carbocycles. The second kappa shape index (κ2) is 8.16. The van der Waals surface area contributed by atoms with Gasteiger partial charge in [-0.3, -0.25) is 4.79 Å². The Morgan fingerprint density at radius 1 is 1.06 bits per heavy atom. The molecule has 4 heteroatoms. The zero-order valence-corrected chi connectivity index (χ0v) is 22.0. The van der Waals surface area contributed by atoms with Crippen LogP contribution in [0.2, 0.25) is 0 Å². The molecule has 8 atom stereocenters. The van der Waals surface area contributed by atoms with Crippen molar-refractivity contribution in [3.63, 3.8) is 0 Å². The predicted molar refractivity (Wildman–Crippen MR) is 136 cm³/mol. The fourth-order valence-corrected chi connectivity index (χ4v) is 9.87. The highest BCUT2D eigenvalue weighted by molar-refractivity contribution is 5.72. The van der Waals surface area contributed by atoms with Gasteiger partial charge in [0.25, 0.3) is 0 Å². The number of carbonyl (C=O) groups is 1. The van der Waals surface area contributed by atoms with E-state index in [1.54, 1.807) is 17.7 Å². The largest absolute Gasteiger partial charge is 0.462 e. The minimum atomic E-state index is -0.277. The molecule has 4 fully saturated rings. The maximum absolute atomic E-state index is 13.2. The van der Waals surface area contributed by atoms with Crippen LogP contribution in [0.1, 0.15) is 77.7 Å². The lowest BCUT2D eigenvalue weighted by atomic mass is 9.40. The van der Waals surface area contributed by atoms with Crippen molar-refractivity contribution in [3.05, 3.63) is 47.3 Å². The Hall–Kier alpha value is -1.68. The first-order valence-corrected chi connectivity index (χ1v) is 14.0.